The zero-order valence-corrected chi connectivity index (χ0v) is 12.0. The number of nitrogens with zero attached hydrogens (tertiary/aromatic N) is 1. The van der Waals surface area contributed by atoms with E-state index in [0.717, 1.165) is 25.7 Å². The van der Waals surface area contributed by atoms with Gasteiger partial charge in [0.2, 0.25) is 11.8 Å². The van der Waals surface area contributed by atoms with Gasteiger partial charge in [-0.2, -0.15) is 0 Å². The molecule has 0 aliphatic heterocycles. The number of carbonyl (C=O) groups is 2. The highest BCUT2D eigenvalue weighted by Gasteiger charge is 2.39. The van der Waals surface area contributed by atoms with E-state index in [4.69, 9.17) is 5.73 Å². The summed E-state index contributed by atoms with van der Waals surface area (Å²) in [5.74, 6) is -0.124. The summed E-state index contributed by atoms with van der Waals surface area (Å²) in [5, 5.41) is 2.72. The lowest BCUT2D eigenvalue weighted by Gasteiger charge is -2.26. The second kappa shape index (κ2) is 7.59. The van der Waals surface area contributed by atoms with Crippen LogP contribution in [-0.2, 0) is 9.59 Å². The molecule has 0 saturated heterocycles. The number of halogens is 1. The largest absolute Gasteiger partial charge is 0.347 e. The first-order chi connectivity index (χ1) is 8.05. The zero-order chi connectivity index (χ0) is 12.9. The number of hydrogen-bond acceptors (Lipinski definition) is 3. The van der Waals surface area contributed by atoms with Crippen molar-refractivity contribution in [1.29, 1.82) is 0 Å². The summed E-state index contributed by atoms with van der Waals surface area (Å²) in [6.45, 7) is 3.00. The molecule has 0 unspecified atom stereocenters. The highest BCUT2D eigenvalue weighted by Crippen LogP contribution is 2.37. The summed E-state index contributed by atoms with van der Waals surface area (Å²) in [4.78, 5) is 25.2. The first kappa shape index (κ1) is 17.2. The summed E-state index contributed by atoms with van der Waals surface area (Å²) in [5.41, 5.74) is 5.28. The third-order valence-electron chi connectivity index (χ3n) is 3.73. The molecule has 1 saturated carbocycles. The summed E-state index contributed by atoms with van der Waals surface area (Å²) in [6.07, 6.45) is 3.78. The molecule has 0 spiro atoms. The molecular formula is C12H24ClN3O2. The molecule has 6 heteroatoms. The van der Waals surface area contributed by atoms with E-state index < -0.39 is 5.41 Å². The molecule has 5 nitrogen and oxygen atoms in total. The van der Waals surface area contributed by atoms with E-state index in [2.05, 4.69) is 5.32 Å². The Hall–Kier alpha value is -0.810. The van der Waals surface area contributed by atoms with Crippen molar-refractivity contribution in [1.82, 2.24) is 10.2 Å². The molecule has 1 fully saturated rings. The smallest absolute Gasteiger partial charge is 0.241 e. The van der Waals surface area contributed by atoms with E-state index in [0.29, 0.717) is 13.1 Å². The summed E-state index contributed by atoms with van der Waals surface area (Å²) in [7, 11) is 1.72. The van der Waals surface area contributed by atoms with E-state index in [9.17, 15) is 9.59 Å². The molecule has 0 aromatic heterocycles. The van der Waals surface area contributed by atoms with Crippen LogP contribution >= 0.6 is 12.4 Å². The molecule has 0 aromatic rings. The van der Waals surface area contributed by atoms with Crippen molar-refractivity contribution < 1.29 is 9.59 Å². The lowest BCUT2D eigenvalue weighted by Crippen LogP contribution is -2.47. The van der Waals surface area contributed by atoms with Gasteiger partial charge in [-0.3, -0.25) is 9.59 Å². The van der Waals surface area contributed by atoms with Gasteiger partial charge in [-0.05, 0) is 19.8 Å². The van der Waals surface area contributed by atoms with Crippen LogP contribution in [0.5, 0.6) is 0 Å². The van der Waals surface area contributed by atoms with Crippen molar-refractivity contribution in [2.45, 2.75) is 32.6 Å². The molecule has 1 aliphatic carbocycles. The van der Waals surface area contributed by atoms with Gasteiger partial charge < -0.3 is 16.0 Å². The molecule has 0 aromatic carbocycles. The number of likely N-dealkylation sites (N-methyl/N-ethyl adjacent to an activating group) is 1. The molecule has 1 aliphatic rings. The van der Waals surface area contributed by atoms with Crippen LogP contribution in [0.1, 0.15) is 32.6 Å². The zero-order valence-electron chi connectivity index (χ0n) is 11.2. The Morgan fingerprint density at radius 2 is 1.89 bits per heavy atom. The lowest BCUT2D eigenvalue weighted by molar-refractivity contribution is -0.135. The molecule has 0 bridgehead atoms. The lowest BCUT2D eigenvalue weighted by atomic mass is 9.85. The normalized spacial score (nSPS) is 16.8. The molecule has 1 rings (SSSR count). The quantitative estimate of drug-likeness (QED) is 0.769. The molecule has 18 heavy (non-hydrogen) atoms. The van der Waals surface area contributed by atoms with E-state index in [1.807, 2.05) is 6.92 Å². The second-order valence-corrected chi connectivity index (χ2v) is 4.78. The van der Waals surface area contributed by atoms with Crippen LogP contribution in [0, 0.1) is 5.41 Å². The van der Waals surface area contributed by atoms with Gasteiger partial charge in [-0.25, -0.2) is 0 Å². The third-order valence-corrected chi connectivity index (χ3v) is 3.73. The number of amides is 2. The van der Waals surface area contributed by atoms with Gasteiger partial charge in [-0.1, -0.05) is 12.8 Å². The molecule has 106 valence electrons. The van der Waals surface area contributed by atoms with Gasteiger partial charge in [0.1, 0.15) is 0 Å². The van der Waals surface area contributed by atoms with Crippen LogP contribution in [0.2, 0.25) is 0 Å². The Kier molecular flexibility index (Phi) is 7.25. The Bertz CT molecular complexity index is 291. The average Bonchev–Trinajstić information content (AvgIpc) is 2.84. The molecule has 2 amide bonds. The van der Waals surface area contributed by atoms with Crippen LogP contribution in [-0.4, -0.2) is 43.4 Å². The van der Waals surface area contributed by atoms with Crippen molar-refractivity contribution in [2.75, 3.05) is 26.7 Å². The van der Waals surface area contributed by atoms with Crippen molar-refractivity contribution in [3.8, 4) is 0 Å². The van der Waals surface area contributed by atoms with Crippen molar-refractivity contribution in [3.05, 3.63) is 0 Å². The Morgan fingerprint density at radius 3 is 2.33 bits per heavy atom. The monoisotopic (exact) mass is 277 g/mol. The first-order valence-electron chi connectivity index (χ1n) is 6.28. The van der Waals surface area contributed by atoms with Crippen molar-refractivity contribution >= 4 is 24.2 Å². The topological polar surface area (TPSA) is 75.4 Å². The Labute approximate surface area is 115 Å². The van der Waals surface area contributed by atoms with Gasteiger partial charge in [0.15, 0.2) is 0 Å². The maximum absolute atomic E-state index is 12.1. The maximum Gasteiger partial charge on any atom is 0.241 e. The minimum Gasteiger partial charge on any atom is -0.347 e. The highest BCUT2D eigenvalue weighted by molar-refractivity contribution is 5.88. The SMILES string of the molecule is CCN(C)C(=O)CNC(=O)C1(CN)CCCC1.Cl. The predicted octanol–water partition coefficient (Wildman–Crippen LogP) is 0.522. The summed E-state index contributed by atoms with van der Waals surface area (Å²) in [6, 6.07) is 0. The van der Waals surface area contributed by atoms with Crippen molar-refractivity contribution in [3.63, 3.8) is 0 Å². The van der Waals surface area contributed by atoms with Gasteiger partial charge in [0, 0.05) is 20.1 Å². The molecular weight excluding hydrogens is 254 g/mol. The minimum atomic E-state index is -0.426. The van der Waals surface area contributed by atoms with E-state index >= 15 is 0 Å². The highest BCUT2D eigenvalue weighted by atomic mass is 35.5. The van der Waals surface area contributed by atoms with Crippen LogP contribution in [0.25, 0.3) is 0 Å². The van der Waals surface area contributed by atoms with Gasteiger partial charge >= 0.3 is 0 Å². The number of nitrogens with two attached hydrogens (primary N) is 1. The van der Waals surface area contributed by atoms with Crippen molar-refractivity contribution in [2.24, 2.45) is 11.1 Å². The fourth-order valence-electron chi connectivity index (χ4n) is 2.23. The van der Waals surface area contributed by atoms with E-state index in [1.165, 1.54) is 0 Å². The third kappa shape index (κ3) is 3.85. The van der Waals surface area contributed by atoms with E-state index in [1.54, 1.807) is 11.9 Å². The molecule has 0 heterocycles. The number of carbonyl (C=O) groups excluding carboxylic acids is 2. The minimum absolute atomic E-state index is 0. The van der Waals surface area contributed by atoms with Gasteiger partial charge in [0.25, 0.3) is 0 Å². The van der Waals surface area contributed by atoms with Crippen LogP contribution < -0.4 is 11.1 Å². The maximum atomic E-state index is 12.1. The van der Waals surface area contributed by atoms with Gasteiger partial charge in [0.05, 0.1) is 12.0 Å². The first-order valence-corrected chi connectivity index (χ1v) is 6.28. The summed E-state index contributed by atoms with van der Waals surface area (Å²) >= 11 is 0. The molecule has 3 N–H and O–H groups in total. The number of nitrogens with one attached hydrogen (secondary N) is 1. The van der Waals surface area contributed by atoms with Crippen LogP contribution in [0.3, 0.4) is 0 Å². The fraction of sp³-hybridized carbons (Fsp3) is 0.833. The van der Waals surface area contributed by atoms with Crippen LogP contribution in [0.15, 0.2) is 0 Å². The fourth-order valence-corrected chi connectivity index (χ4v) is 2.23. The molecule has 0 radical (unpaired) electrons. The standard InChI is InChI=1S/C12H23N3O2.ClH/c1-3-15(2)10(16)8-14-11(17)12(9-13)6-4-5-7-12;/h3-9,13H2,1-2H3,(H,14,17);1H. The predicted molar refractivity (Wildman–Crippen MR) is 73.5 cm³/mol. The average molecular weight is 278 g/mol. The number of hydrogen-bond donors (Lipinski definition) is 2. The second-order valence-electron chi connectivity index (χ2n) is 4.78. The van der Waals surface area contributed by atoms with Crippen LogP contribution in [0.4, 0.5) is 0 Å². The van der Waals surface area contributed by atoms with Gasteiger partial charge in [-0.15, -0.1) is 12.4 Å². The number of rotatable bonds is 5. The molecule has 0 atom stereocenters. The Morgan fingerprint density at radius 1 is 1.33 bits per heavy atom. The summed E-state index contributed by atoms with van der Waals surface area (Å²) < 4.78 is 0. The Balaban J connectivity index is 0.00000289. The van der Waals surface area contributed by atoms with E-state index in [-0.39, 0.29) is 30.8 Å².